The van der Waals surface area contributed by atoms with Gasteiger partial charge in [0.25, 0.3) is 0 Å². The number of hydrogen-bond donors (Lipinski definition) is 1. The zero-order valence-electron chi connectivity index (χ0n) is 14.9. The van der Waals surface area contributed by atoms with Gasteiger partial charge in [-0.25, -0.2) is 0 Å². The summed E-state index contributed by atoms with van der Waals surface area (Å²) in [6.45, 7) is 9.28. The van der Waals surface area contributed by atoms with E-state index in [4.69, 9.17) is 9.47 Å². The molecule has 5 nitrogen and oxygen atoms in total. The van der Waals surface area contributed by atoms with Crippen LogP contribution in [-0.2, 0) is 9.53 Å². The molecule has 0 aliphatic carbocycles. The molecule has 5 heteroatoms. The molecule has 0 saturated carbocycles. The first kappa shape index (κ1) is 18.7. The number of anilines is 1. The highest BCUT2D eigenvalue weighted by Crippen LogP contribution is 2.17. The molecule has 1 heterocycles. The number of ether oxygens (including phenoxy) is 2. The van der Waals surface area contributed by atoms with Gasteiger partial charge in [-0.05, 0) is 30.7 Å². The summed E-state index contributed by atoms with van der Waals surface area (Å²) in [5.74, 6) is 0.971. The van der Waals surface area contributed by atoms with Gasteiger partial charge in [0.05, 0.1) is 13.2 Å². The standard InChI is InChI=1S/C19H30N2O3/c1-3-4-5-16(2)19(22)20-17-6-8-18(9-7-17)24-15-12-21-10-13-23-14-11-21/h6-9,16H,3-5,10-15H2,1-2H3,(H,20,22)/t16-/m1/s1. The minimum atomic E-state index is 0.0504. The van der Waals surface area contributed by atoms with Gasteiger partial charge < -0.3 is 14.8 Å². The molecular formula is C19H30N2O3. The van der Waals surface area contributed by atoms with Gasteiger partial charge in [0.2, 0.25) is 5.91 Å². The maximum Gasteiger partial charge on any atom is 0.227 e. The van der Waals surface area contributed by atoms with Crippen molar-refractivity contribution in [3.05, 3.63) is 24.3 Å². The molecule has 1 N–H and O–H groups in total. The Morgan fingerprint density at radius 3 is 2.67 bits per heavy atom. The van der Waals surface area contributed by atoms with E-state index in [9.17, 15) is 4.79 Å². The van der Waals surface area contributed by atoms with Crippen LogP contribution in [0.25, 0.3) is 0 Å². The zero-order valence-corrected chi connectivity index (χ0v) is 14.9. The molecule has 0 spiro atoms. The second kappa shape index (κ2) is 10.3. The van der Waals surface area contributed by atoms with Crippen LogP contribution in [0.1, 0.15) is 33.1 Å². The predicted octanol–water partition coefficient (Wildman–Crippen LogP) is 3.16. The Morgan fingerprint density at radius 1 is 1.29 bits per heavy atom. The normalized spacial score (nSPS) is 16.6. The average molecular weight is 334 g/mol. The van der Waals surface area contributed by atoms with Crippen molar-refractivity contribution < 1.29 is 14.3 Å². The topological polar surface area (TPSA) is 50.8 Å². The fourth-order valence-corrected chi connectivity index (χ4v) is 2.66. The Kier molecular flexibility index (Phi) is 8.05. The maximum atomic E-state index is 12.1. The molecular weight excluding hydrogens is 304 g/mol. The SMILES string of the molecule is CCCC[C@@H](C)C(=O)Nc1ccc(OCCN2CCOCC2)cc1. The van der Waals surface area contributed by atoms with E-state index in [1.165, 1.54) is 0 Å². The Hall–Kier alpha value is -1.59. The van der Waals surface area contributed by atoms with Crippen molar-refractivity contribution in [1.82, 2.24) is 4.90 Å². The summed E-state index contributed by atoms with van der Waals surface area (Å²) in [5, 5.41) is 2.97. The fraction of sp³-hybridized carbons (Fsp3) is 0.632. The number of hydrogen-bond acceptors (Lipinski definition) is 4. The molecule has 1 aliphatic heterocycles. The lowest BCUT2D eigenvalue weighted by atomic mass is 10.0. The van der Waals surface area contributed by atoms with E-state index in [-0.39, 0.29) is 11.8 Å². The van der Waals surface area contributed by atoms with Crippen molar-refractivity contribution in [2.45, 2.75) is 33.1 Å². The van der Waals surface area contributed by atoms with Crippen molar-refractivity contribution >= 4 is 11.6 Å². The summed E-state index contributed by atoms with van der Waals surface area (Å²) in [5.41, 5.74) is 0.823. The molecule has 1 aliphatic rings. The summed E-state index contributed by atoms with van der Waals surface area (Å²) >= 11 is 0. The van der Waals surface area contributed by atoms with E-state index >= 15 is 0 Å². The maximum absolute atomic E-state index is 12.1. The number of amides is 1. The molecule has 0 bridgehead atoms. The summed E-state index contributed by atoms with van der Waals surface area (Å²) in [4.78, 5) is 14.4. The van der Waals surface area contributed by atoms with Crippen LogP contribution in [0.5, 0.6) is 5.75 Å². The van der Waals surface area contributed by atoms with Crippen LogP contribution < -0.4 is 10.1 Å². The van der Waals surface area contributed by atoms with E-state index in [0.29, 0.717) is 6.61 Å². The number of benzene rings is 1. The van der Waals surface area contributed by atoms with Gasteiger partial charge in [-0.15, -0.1) is 0 Å². The monoisotopic (exact) mass is 334 g/mol. The number of morpholine rings is 1. The minimum Gasteiger partial charge on any atom is -0.492 e. The summed E-state index contributed by atoms with van der Waals surface area (Å²) in [7, 11) is 0. The first-order valence-corrected chi connectivity index (χ1v) is 9.03. The summed E-state index contributed by atoms with van der Waals surface area (Å²) in [6.07, 6.45) is 3.14. The fourth-order valence-electron chi connectivity index (χ4n) is 2.66. The first-order valence-electron chi connectivity index (χ1n) is 9.03. The van der Waals surface area contributed by atoms with Crippen molar-refractivity contribution in [1.29, 1.82) is 0 Å². The largest absolute Gasteiger partial charge is 0.492 e. The third-order valence-electron chi connectivity index (χ3n) is 4.34. The Bertz CT molecular complexity index is 484. The highest BCUT2D eigenvalue weighted by Gasteiger charge is 2.12. The molecule has 134 valence electrons. The number of nitrogens with zero attached hydrogens (tertiary/aromatic N) is 1. The predicted molar refractivity (Wildman–Crippen MR) is 96.5 cm³/mol. The van der Waals surface area contributed by atoms with Crippen LogP contribution in [0.4, 0.5) is 5.69 Å². The van der Waals surface area contributed by atoms with Crippen LogP contribution >= 0.6 is 0 Å². The highest BCUT2D eigenvalue weighted by atomic mass is 16.5. The molecule has 0 radical (unpaired) electrons. The third-order valence-corrected chi connectivity index (χ3v) is 4.34. The molecule has 1 saturated heterocycles. The van der Waals surface area contributed by atoms with Crippen molar-refractivity contribution in [2.75, 3.05) is 44.8 Å². The van der Waals surface area contributed by atoms with Gasteiger partial charge in [-0.2, -0.15) is 0 Å². The van der Waals surface area contributed by atoms with Crippen LogP contribution in [0.15, 0.2) is 24.3 Å². The molecule has 2 rings (SSSR count). The number of nitrogens with one attached hydrogen (secondary N) is 1. The van der Waals surface area contributed by atoms with Gasteiger partial charge in [0.15, 0.2) is 0 Å². The van der Waals surface area contributed by atoms with Crippen molar-refractivity contribution in [3.63, 3.8) is 0 Å². The van der Waals surface area contributed by atoms with Crippen LogP contribution in [-0.4, -0.2) is 50.3 Å². The number of unbranched alkanes of at least 4 members (excludes halogenated alkanes) is 1. The highest BCUT2D eigenvalue weighted by molar-refractivity contribution is 5.92. The Labute approximate surface area is 145 Å². The molecule has 0 aromatic heterocycles. The van der Waals surface area contributed by atoms with E-state index in [1.807, 2.05) is 31.2 Å². The van der Waals surface area contributed by atoms with Gasteiger partial charge in [-0.1, -0.05) is 26.7 Å². The lowest BCUT2D eigenvalue weighted by molar-refractivity contribution is -0.119. The summed E-state index contributed by atoms with van der Waals surface area (Å²) < 4.78 is 11.1. The molecule has 1 fully saturated rings. The van der Waals surface area contributed by atoms with Crippen LogP contribution in [0.3, 0.4) is 0 Å². The van der Waals surface area contributed by atoms with E-state index in [2.05, 4.69) is 17.1 Å². The molecule has 1 aromatic rings. The second-order valence-corrected chi connectivity index (χ2v) is 6.36. The summed E-state index contributed by atoms with van der Waals surface area (Å²) in [6, 6.07) is 7.61. The third kappa shape index (κ3) is 6.49. The number of carbonyl (C=O) groups excluding carboxylic acids is 1. The molecule has 1 aromatic carbocycles. The first-order chi connectivity index (χ1) is 11.7. The lowest BCUT2D eigenvalue weighted by Crippen LogP contribution is -2.38. The van der Waals surface area contributed by atoms with Crippen LogP contribution in [0, 0.1) is 5.92 Å². The number of carbonyl (C=O) groups is 1. The van der Waals surface area contributed by atoms with Crippen molar-refractivity contribution in [2.24, 2.45) is 5.92 Å². The Balaban J connectivity index is 1.70. The van der Waals surface area contributed by atoms with Gasteiger partial charge >= 0.3 is 0 Å². The van der Waals surface area contributed by atoms with Gasteiger partial charge in [0.1, 0.15) is 12.4 Å². The van der Waals surface area contributed by atoms with Crippen molar-refractivity contribution in [3.8, 4) is 5.75 Å². The minimum absolute atomic E-state index is 0.0504. The lowest BCUT2D eigenvalue weighted by Gasteiger charge is -2.26. The van der Waals surface area contributed by atoms with Gasteiger partial charge in [0, 0.05) is 31.2 Å². The zero-order chi connectivity index (χ0) is 17.2. The Morgan fingerprint density at radius 2 is 2.00 bits per heavy atom. The average Bonchev–Trinajstić information content (AvgIpc) is 2.62. The molecule has 1 atom stereocenters. The second-order valence-electron chi connectivity index (χ2n) is 6.36. The van der Waals surface area contributed by atoms with E-state index < -0.39 is 0 Å². The van der Waals surface area contributed by atoms with Gasteiger partial charge in [-0.3, -0.25) is 9.69 Å². The van der Waals surface area contributed by atoms with E-state index in [1.54, 1.807) is 0 Å². The molecule has 1 amide bonds. The number of rotatable bonds is 9. The molecule has 0 unspecified atom stereocenters. The molecule has 24 heavy (non-hydrogen) atoms. The smallest absolute Gasteiger partial charge is 0.227 e. The quantitative estimate of drug-likeness (QED) is 0.754. The van der Waals surface area contributed by atoms with E-state index in [0.717, 1.165) is 63.5 Å². The van der Waals surface area contributed by atoms with Crippen LogP contribution in [0.2, 0.25) is 0 Å².